The van der Waals surface area contributed by atoms with Gasteiger partial charge in [0.1, 0.15) is 5.60 Å². The number of hydrogen-bond acceptors (Lipinski definition) is 2. The second-order valence-electron chi connectivity index (χ2n) is 10.3. The van der Waals surface area contributed by atoms with E-state index in [0.717, 1.165) is 50.5 Å². The van der Waals surface area contributed by atoms with Crippen LogP contribution in [0.5, 0.6) is 0 Å². The highest BCUT2D eigenvalue weighted by molar-refractivity contribution is 5.91. The third kappa shape index (κ3) is 2.93. The largest absolute Gasteiger partial charge is 0.377 e. The number of carbonyl (C=O) groups is 1. The van der Waals surface area contributed by atoms with Gasteiger partial charge in [-0.2, -0.15) is 0 Å². The van der Waals surface area contributed by atoms with Crippen molar-refractivity contribution < 1.29 is 9.90 Å². The van der Waals surface area contributed by atoms with Crippen molar-refractivity contribution in [1.82, 2.24) is 0 Å². The molecule has 0 radical (unpaired) electrons. The van der Waals surface area contributed by atoms with Crippen molar-refractivity contribution in [2.24, 2.45) is 35.0 Å². The molecule has 0 aliphatic heterocycles. The maximum absolute atomic E-state index is 12.0. The number of allylic oxidation sites excluding steroid dienone is 1. The highest BCUT2D eigenvalue weighted by Gasteiger charge is 2.63. The molecule has 0 bridgehead atoms. The predicted molar refractivity (Wildman–Crippen MR) is 115 cm³/mol. The molecule has 4 aliphatic rings. The minimum Gasteiger partial charge on any atom is -0.377 e. The van der Waals surface area contributed by atoms with Crippen LogP contribution in [0.25, 0.3) is 0 Å². The summed E-state index contributed by atoms with van der Waals surface area (Å²) in [5, 5.41) is 11.7. The van der Waals surface area contributed by atoms with E-state index in [0.29, 0.717) is 35.4 Å². The highest BCUT2D eigenvalue weighted by atomic mass is 16.3. The molecule has 0 spiro atoms. The van der Waals surface area contributed by atoms with Crippen molar-refractivity contribution in [3.05, 3.63) is 47.5 Å². The van der Waals surface area contributed by atoms with E-state index in [4.69, 9.17) is 0 Å². The van der Waals surface area contributed by atoms with Gasteiger partial charge in [-0.1, -0.05) is 49.5 Å². The summed E-state index contributed by atoms with van der Waals surface area (Å²) in [6, 6.07) is 10.0. The zero-order valence-corrected chi connectivity index (χ0v) is 17.7. The average Bonchev–Trinajstić information content (AvgIpc) is 2.98. The summed E-state index contributed by atoms with van der Waals surface area (Å²) < 4.78 is 0. The molecule has 0 heterocycles. The highest BCUT2D eigenvalue weighted by Crippen LogP contribution is 2.65. The molecule has 3 saturated carbocycles. The van der Waals surface area contributed by atoms with Crippen LogP contribution in [0.2, 0.25) is 0 Å². The van der Waals surface area contributed by atoms with Gasteiger partial charge in [0, 0.05) is 17.4 Å². The van der Waals surface area contributed by atoms with Gasteiger partial charge in [0.2, 0.25) is 0 Å². The van der Waals surface area contributed by atoms with Crippen LogP contribution in [0.1, 0.15) is 64.4 Å². The number of benzene rings is 1. The Morgan fingerprint density at radius 2 is 1.90 bits per heavy atom. The normalized spacial score (nSPS) is 43.3. The first-order valence-corrected chi connectivity index (χ1v) is 11.5. The van der Waals surface area contributed by atoms with Gasteiger partial charge in [0.05, 0.1) is 0 Å². The Kier molecular flexibility index (Phi) is 4.52. The maximum atomic E-state index is 12.0. The number of aliphatic hydroxyl groups is 1. The van der Waals surface area contributed by atoms with Gasteiger partial charge in [-0.15, -0.1) is 0 Å². The molecule has 152 valence electrons. The number of ketones is 1. The lowest BCUT2D eigenvalue weighted by molar-refractivity contribution is -0.117. The summed E-state index contributed by atoms with van der Waals surface area (Å²) in [5.74, 6) is 9.98. The van der Waals surface area contributed by atoms with E-state index in [2.05, 4.69) is 25.7 Å². The first kappa shape index (κ1) is 19.1. The zero-order chi connectivity index (χ0) is 20.2. The van der Waals surface area contributed by atoms with Crippen LogP contribution in [0.4, 0.5) is 0 Å². The second kappa shape index (κ2) is 6.85. The number of hydrogen-bond donors (Lipinski definition) is 1. The SMILES string of the molecule is C[C@@H]1CC2=CC(=O)CCC2C2CC[C@@]3(C)C(CC[C@@]3(O)C#Cc3ccccc3)C21. The summed E-state index contributed by atoms with van der Waals surface area (Å²) in [6.45, 7) is 4.69. The fourth-order valence-electron chi connectivity index (χ4n) is 7.51. The standard InChI is InChI=1S/C27H32O2/c1-18-16-20-17-21(28)8-9-22(20)23-11-13-26(2)24(25(18)23)12-15-27(26,29)14-10-19-6-4-3-5-7-19/h3-7,17-18,22-25,29H,8-9,11-13,15-16H2,1-2H3/t18-,22?,23?,24?,25?,26+,27+/m1/s1. The van der Waals surface area contributed by atoms with E-state index in [1.54, 1.807) is 0 Å². The summed E-state index contributed by atoms with van der Waals surface area (Å²) in [6.07, 6.45) is 8.88. The van der Waals surface area contributed by atoms with Gasteiger partial charge in [-0.05, 0) is 86.3 Å². The number of carbonyl (C=O) groups excluding carboxylic acids is 1. The van der Waals surface area contributed by atoms with E-state index in [1.165, 1.54) is 5.57 Å². The Bertz CT molecular complexity index is 903. The predicted octanol–water partition coefficient (Wildman–Crippen LogP) is 5.16. The summed E-state index contributed by atoms with van der Waals surface area (Å²) in [7, 11) is 0. The van der Waals surface area contributed by atoms with E-state index in [1.807, 2.05) is 36.4 Å². The zero-order valence-electron chi connectivity index (χ0n) is 17.7. The van der Waals surface area contributed by atoms with Gasteiger partial charge in [0.15, 0.2) is 5.78 Å². The summed E-state index contributed by atoms with van der Waals surface area (Å²) in [5.41, 5.74) is 1.39. The molecule has 0 amide bonds. The lowest BCUT2D eigenvalue weighted by Crippen LogP contribution is -2.54. The van der Waals surface area contributed by atoms with Gasteiger partial charge in [0.25, 0.3) is 0 Å². The lowest BCUT2D eigenvalue weighted by atomic mass is 9.48. The molecule has 1 aromatic rings. The van der Waals surface area contributed by atoms with Crippen molar-refractivity contribution in [2.45, 2.75) is 64.4 Å². The number of fused-ring (bicyclic) bond motifs is 5. The van der Waals surface area contributed by atoms with Crippen molar-refractivity contribution >= 4 is 5.78 Å². The molecular formula is C27H32O2. The molecule has 29 heavy (non-hydrogen) atoms. The fraction of sp³-hybridized carbons (Fsp3) is 0.593. The Morgan fingerprint density at radius 3 is 2.69 bits per heavy atom. The average molecular weight is 389 g/mol. The van der Waals surface area contributed by atoms with E-state index < -0.39 is 5.60 Å². The fourth-order valence-corrected chi connectivity index (χ4v) is 7.51. The van der Waals surface area contributed by atoms with Gasteiger partial charge in [-0.3, -0.25) is 4.79 Å². The minimum absolute atomic E-state index is 0.129. The summed E-state index contributed by atoms with van der Waals surface area (Å²) >= 11 is 0. The molecule has 0 aromatic heterocycles. The van der Waals surface area contributed by atoms with Crippen LogP contribution < -0.4 is 0 Å². The third-order valence-electron chi connectivity index (χ3n) is 8.98. The molecule has 4 unspecified atom stereocenters. The monoisotopic (exact) mass is 388 g/mol. The van der Waals surface area contributed by atoms with Crippen molar-refractivity contribution in [3.63, 3.8) is 0 Å². The van der Waals surface area contributed by atoms with Crippen LogP contribution in [0, 0.1) is 46.8 Å². The lowest BCUT2D eigenvalue weighted by Gasteiger charge is -2.56. The first-order chi connectivity index (χ1) is 13.9. The first-order valence-electron chi connectivity index (χ1n) is 11.5. The summed E-state index contributed by atoms with van der Waals surface area (Å²) in [4.78, 5) is 12.0. The van der Waals surface area contributed by atoms with Crippen LogP contribution in [0.15, 0.2) is 42.0 Å². The van der Waals surface area contributed by atoms with Crippen LogP contribution >= 0.6 is 0 Å². The minimum atomic E-state index is -0.892. The van der Waals surface area contributed by atoms with E-state index in [9.17, 15) is 9.90 Å². The molecule has 2 nitrogen and oxygen atoms in total. The molecule has 0 saturated heterocycles. The molecule has 1 aromatic carbocycles. The van der Waals surface area contributed by atoms with Crippen molar-refractivity contribution in [1.29, 1.82) is 0 Å². The van der Waals surface area contributed by atoms with E-state index >= 15 is 0 Å². The van der Waals surface area contributed by atoms with Gasteiger partial charge in [-0.25, -0.2) is 0 Å². The molecule has 2 heteroatoms. The quantitative estimate of drug-likeness (QED) is 0.624. The van der Waals surface area contributed by atoms with Crippen molar-refractivity contribution in [2.75, 3.05) is 0 Å². The smallest absolute Gasteiger partial charge is 0.155 e. The number of rotatable bonds is 0. The molecule has 4 aliphatic carbocycles. The van der Waals surface area contributed by atoms with Crippen molar-refractivity contribution in [3.8, 4) is 11.8 Å². The van der Waals surface area contributed by atoms with E-state index in [-0.39, 0.29) is 5.41 Å². The maximum Gasteiger partial charge on any atom is 0.155 e. The molecule has 3 fully saturated rings. The van der Waals surface area contributed by atoms with Crippen LogP contribution in [-0.2, 0) is 4.79 Å². The molecule has 7 atom stereocenters. The Balaban J connectivity index is 1.46. The van der Waals surface area contributed by atoms with Crippen LogP contribution in [0.3, 0.4) is 0 Å². The van der Waals surface area contributed by atoms with Gasteiger partial charge < -0.3 is 5.11 Å². The third-order valence-corrected chi connectivity index (χ3v) is 8.98. The van der Waals surface area contributed by atoms with Crippen LogP contribution in [-0.4, -0.2) is 16.5 Å². The Morgan fingerprint density at radius 1 is 1.10 bits per heavy atom. The van der Waals surface area contributed by atoms with Gasteiger partial charge >= 0.3 is 0 Å². The Hall–Kier alpha value is -1.85. The second-order valence-corrected chi connectivity index (χ2v) is 10.3. The molecule has 1 N–H and O–H groups in total. The topological polar surface area (TPSA) is 37.3 Å². The molecule has 5 rings (SSSR count). The molecular weight excluding hydrogens is 356 g/mol. The Labute approximate surface area is 174 Å².